The molecule has 2 aliphatic rings. The van der Waals surface area contributed by atoms with Gasteiger partial charge in [-0.15, -0.1) is 5.10 Å². The first-order chi connectivity index (χ1) is 9.74. The van der Waals surface area contributed by atoms with Gasteiger partial charge in [-0.2, -0.15) is 0 Å². The fraction of sp³-hybridized carbons (Fsp3) is 0.786. The lowest BCUT2D eigenvalue weighted by atomic mass is 9.99. The molecule has 2 aliphatic heterocycles. The van der Waals surface area contributed by atoms with E-state index in [1.807, 2.05) is 15.8 Å². The SMILES string of the molecule is CC1CCN(C(=O)c2cn(C3CCNCC3)nn2)CC1. The highest BCUT2D eigenvalue weighted by atomic mass is 16.2. The van der Waals surface area contributed by atoms with Gasteiger partial charge in [0, 0.05) is 13.1 Å². The molecule has 2 fully saturated rings. The van der Waals surface area contributed by atoms with Gasteiger partial charge >= 0.3 is 0 Å². The molecule has 1 N–H and O–H groups in total. The largest absolute Gasteiger partial charge is 0.337 e. The second-order valence-electron chi connectivity index (χ2n) is 6.04. The molecule has 110 valence electrons. The van der Waals surface area contributed by atoms with Gasteiger partial charge < -0.3 is 10.2 Å². The summed E-state index contributed by atoms with van der Waals surface area (Å²) in [6, 6.07) is 0.381. The molecular weight excluding hydrogens is 254 g/mol. The van der Waals surface area contributed by atoms with Gasteiger partial charge in [-0.25, -0.2) is 4.68 Å². The highest BCUT2D eigenvalue weighted by molar-refractivity contribution is 5.91. The first-order valence-electron chi connectivity index (χ1n) is 7.66. The van der Waals surface area contributed by atoms with Crippen LogP contribution in [0.5, 0.6) is 0 Å². The minimum Gasteiger partial charge on any atom is -0.337 e. The molecule has 0 aromatic carbocycles. The van der Waals surface area contributed by atoms with Gasteiger partial charge in [0.15, 0.2) is 5.69 Å². The summed E-state index contributed by atoms with van der Waals surface area (Å²) in [6.07, 6.45) is 6.12. The zero-order valence-electron chi connectivity index (χ0n) is 12.1. The van der Waals surface area contributed by atoms with Crippen molar-refractivity contribution < 1.29 is 4.79 Å². The zero-order valence-corrected chi connectivity index (χ0v) is 12.1. The predicted molar refractivity (Wildman–Crippen MR) is 75.5 cm³/mol. The topological polar surface area (TPSA) is 63.1 Å². The molecule has 6 nitrogen and oxygen atoms in total. The summed E-state index contributed by atoms with van der Waals surface area (Å²) >= 11 is 0. The Morgan fingerprint density at radius 1 is 1.25 bits per heavy atom. The van der Waals surface area contributed by atoms with Crippen LogP contribution in [0.25, 0.3) is 0 Å². The maximum atomic E-state index is 12.4. The minimum absolute atomic E-state index is 0.0390. The number of nitrogens with zero attached hydrogens (tertiary/aromatic N) is 4. The number of hydrogen-bond donors (Lipinski definition) is 1. The molecule has 0 unspecified atom stereocenters. The Bertz CT molecular complexity index is 458. The first-order valence-corrected chi connectivity index (χ1v) is 7.66. The number of carbonyl (C=O) groups is 1. The van der Waals surface area contributed by atoms with Crippen molar-refractivity contribution in [1.82, 2.24) is 25.2 Å². The molecule has 1 aromatic rings. The van der Waals surface area contributed by atoms with E-state index < -0.39 is 0 Å². The van der Waals surface area contributed by atoms with Gasteiger partial charge in [0.25, 0.3) is 5.91 Å². The van der Waals surface area contributed by atoms with E-state index in [2.05, 4.69) is 22.6 Å². The minimum atomic E-state index is 0.0390. The molecule has 6 heteroatoms. The lowest BCUT2D eigenvalue weighted by Crippen LogP contribution is -2.38. The van der Waals surface area contributed by atoms with Crippen molar-refractivity contribution in [2.45, 2.75) is 38.6 Å². The summed E-state index contributed by atoms with van der Waals surface area (Å²) in [6.45, 7) is 5.96. The summed E-state index contributed by atoms with van der Waals surface area (Å²) in [4.78, 5) is 14.3. The highest BCUT2D eigenvalue weighted by Gasteiger charge is 2.24. The summed E-state index contributed by atoms with van der Waals surface area (Å²) < 4.78 is 1.88. The lowest BCUT2D eigenvalue weighted by Gasteiger charge is -2.29. The molecule has 0 radical (unpaired) electrons. The summed E-state index contributed by atoms with van der Waals surface area (Å²) in [5.74, 6) is 0.765. The van der Waals surface area contributed by atoms with Crippen molar-refractivity contribution in [2.75, 3.05) is 26.2 Å². The maximum Gasteiger partial charge on any atom is 0.276 e. The van der Waals surface area contributed by atoms with Gasteiger partial charge in [-0.3, -0.25) is 4.79 Å². The van der Waals surface area contributed by atoms with Crippen molar-refractivity contribution in [3.8, 4) is 0 Å². The molecule has 3 heterocycles. The Kier molecular flexibility index (Phi) is 4.00. The molecule has 0 spiro atoms. The molecule has 1 amide bonds. The Morgan fingerprint density at radius 2 is 1.95 bits per heavy atom. The Balaban J connectivity index is 1.65. The molecule has 0 atom stereocenters. The molecule has 0 aliphatic carbocycles. The zero-order chi connectivity index (χ0) is 13.9. The number of aromatic nitrogens is 3. The number of rotatable bonds is 2. The Hall–Kier alpha value is -1.43. The first kappa shape index (κ1) is 13.5. The van der Waals surface area contributed by atoms with Gasteiger partial charge in [-0.1, -0.05) is 12.1 Å². The van der Waals surface area contributed by atoms with Crippen molar-refractivity contribution in [1.29, 1.82) is 0 Å². The monoisotopic (exact) mass is 277 g/mol. The van der Waals surface area contributed by atoms with Gasteiger partial charge in [0.05, 0.1) is 12.2 Å². The number of amides is 1. The van der Waals surface area contributed by atoms with E-state index in [0.29, 0.717) is 11.7 Å². The third-order valence-electron chi connectivity index (χ3n) is 4.48. The number of likely N-dealkylation sites (tertiary alicyclic amines) is 1. The standard InChI is InChI=1S/C14H23N5O/c1-11-4-8-18(9-5-11)14(20)13-10-19(17-16-13)12-2-6-15-7-3-12/h10-12,15H,2-9H2,1H3. The van der Waals surface area contributed by atoms with Crippen molar-refractivity contribution in [3.05, 3.63) is 11.9 Å². The van der Waals surface area contributed by atoms with Crippen LogP contribution in [0.2, 0.25) is 0 Å². The van der Waals surface area contributed by atoms with E-state index in [4.69, 9.17) is 0 Å². The van der Waals surface area contributed by atoms with E-state index in [-0.39, 0.29) is 5.91 Å². The third kappa shape index (κ3) is 2.85. The summed E-state index contributed by atoms with van der Waals surface area (Å²) in [5.41, 5.74) is 0.498. The lowest BCUT2D eigenvalue weighted by molar-refractivity contribution is 0.0691. The van der Waals surface area contributed by atoms with Crippen LogP contribution >= 0.6 is 0 Å². The van der Waals surface area contributed by atoms with E-state index in [1.54, 1.807) is 0 Å². The van der Waals surface area contributed by atoms with Crippen molar-refractivity contribution in [3.63, 3.8) is 0 Å². The summed E-state index contributed by atoms with van der Waals surface area (Å²) in [7, 11) is 0. The molecule has 20 heavy (non-hydrogen) atoms. The molecule has 0 saturated carbocycles. The average molecular weight is 277 g/mol. The van der Waals surface area contributed by atoms with Crippen LogP contribution in [-0.2, 0) is 0 Å². The van der Waals surface area contributed by atoms with E-state index in [1.165, 1.54) is 0 Å². The van der Waals surface area contributed by atoms with E-state index in [0.717, 1.165) is 57.8 Å². The van der Waals surface area contributed by atoms with E-state index in [9.17, 15) is 4.79 Å². The van der Waals surface area contributed by atoms with Crippen LogP contribution in [0.1, 0.15) is 49.1 Å². The summed E-state index contributed by atoms with van der Waals surface area (Å²) in [5, 5.41) is 11.6. The molecular formula is C14H23N5O. The predicted octanol–water partition coefficient (Wildman–Crippen LogP) is 1.07. The quantitative estimate of drug-likeness (QED) is 0.878. The smallest absolute Gasteiger partial charge is 0.276 e. The van der Waals surface area contributed by atoms with Gasteiger partial charge in [0.1, 0.15) is 0 Å². The second kappa shape index (κ2) is 5.91. The Morgan fingerprint density at radius 3 is 2.65 bits per heavy atom. The average Bonchev–Trinajstić information content (AvgIpc) is 2.98. The number of piperidine rings is 2. The van der Waals surface area contributed by atoms with Gasteiger partial charge in [-0.05, 0) is 44.7 Å². The fourth-order valence-electron chi connectivity index (χ4n) is 3.00. The Labute approximate surface area is 119 Å². The van der Waals surface area contributed by atoms with E-state index >= 15 is 0 Å². The van der Waals surface area contributed by atoms with Crippen LogP contribution in [0, 0.1) is 5.92 Å². The van der Waals surface area contributed by atoms with Crippen LogP contribution in [0.15, 0.2) is 6.20 Å². The third-order valence-corrected chi connectivity index (χ3v) is 4.48. The molecule has 1 aromatic heterocycles. The fourth-order valence-corrected chi connectivity index (χ4v) is 3.00. The molecule has 2 saturated heterocycles. The normalized spacial score (nSPS) is 22.1. The van der Waals surface area contributed by atoms with Gasteiger partial charge in [0.2, 0.25) is 0 Å². The van der Waals surface area contributed by atoms with Crippen molar-refractivity contribution in [2.24, 2.45) is 5.92 Å². The number of hydrogen-bond acceptors (Lipinski definition) is 4. The van der Waals surface area contributed by atoms with Crippen molar-refractivity contribution >= 4 is 5.91 Å². The molecule has 3 rings (SSSR count). The maximum absolute atomic E-state index is 12.4. The molecule has 0 bridgehead atoms. The van der Waals surface area contributed by atoms with Crippen LogP contribution in [0.4, 0.5) is 0 Å². The highest BCUT2D eigenvalue weighted by Crippen LogP contribution is 2.20. The van der Waals surface area contributed by atoms with Crippen LogP contribution in [-0.4, -0.2) is 52.0 Å². The van der Waals surface area contributed by atoms with Crippen LogP contribution in [0.3, 0.4) is 0 Å². The number of carbonyl (C=O) groups excluding carboxylic acids is 1. The van der Waals surface area contributed by atoms with Crippen LogP contribution < -0.4 is 5.32 Å². The number of nitrogens with one attached hydrogen (secondary N) is 1. The second-order valence-corrected chi connectivity index (χ2v) is 6.04.